The molecule has 3 atom stereocenters. The highest BCUT2D eigenvalue weighted by atomic mass is 15.2. The number of hydrogen-bond donors (Lipinski definition) is 2. The van der Waals surface area contributed by atoms with E-state index in [1.54, 1.807) is 0 Å². The van der Waals surface area contributed by atoms with Gasteiger partial charge in [0.2, 0.25) is 0 Å². The number of rotatable bonds is 8. The number of likely N-dealkylation sites (N-methyl/N-ethyl adjacent to an activating group) is 1. The van der Waals surface area contributed by atoms with E-state index in [1.165, 1.54) is 12.0 Å². The first-order valence-corrected chi connectivity index (χ1v) is 10.5. The van der Waals surface area contributed by atoms with Crippen LogP contribution in [0.25, 0.3) is 0 Å². The molecule has 1 aromatic rings. The molecule has 1 fully saturated rings. The summed E-state index contributed by atoms with van der Waals surface area (Å²) in [6, 6.07) is 12.5. The molecule has 27 heavy (non-hydrogen) atoms. The number of aliphatic imine (C=N–C) groups is 1. The van der Waals surface area contributed by atoms with Crippen LogP contribution in [0.5, 0.6) is 0 Å². The molecule has 0 aliphatic carbocycles. The van der Waals surface area contributed by atoms with Gasteiger partial charge in [-0.1, -0.05) is 37.3 Å². The fraction of sp³-hybridized carbons (Fsp3) is 0.682. The second-order valence-corrected chi connectivity index (χ2v) is 7.91. The fourth-order valence-electron chi connectivity index (χ4n) is 3.68. The van der Waals surface area contributed by atoms with Crippen LogP contribution in [0, 0.1) is 0 Å². The molecule has 5 heteroatoms. The van der Waals surface area contributed by atoms with Gasteiger partial charge < -0.3 is 15.5 Å². The summed E-state index contributed by atoms with van der Waals surface area (Å²) in [7, 11) is 4.05. The molecule has 152 valence electrons. The Morgan fingerprint density at radius 2 is 2.07 bits per heavy atom. The smallest absolute Gasteiger partial charge is 0.191 e. The minimum Gasteiger partial charge on any atom is -0.355 e. The van der Waals surface area contributed by atoms with Crippen LogP contribution in [-0.2, 0) is 6.54 Å². The van der Waals surface area contributed by atoms with Gasteiger partial charge in [-0.15, -0.1) is 0 Å². The molecular weight excluding hydrogens is 334 g/mol. The lowest BCUT2D eigenvalue weighted by Gasteiger charge is -2.38. The van der Waals surface area contributed by atoms with E-state index in [2.05, 4.69) is 83.6 Å². The van der Waals surface area contributed by atoms with E-state index in [-0.39, 0.29) is 0 Å². The van der Waals surface area contributed by atoms with Gasteiger partial charge in [0, 0.05) is 51.4 Å². The molecule has 2 N–H and O–H groups in total. The van der Waals surface area contributed by atoms with Gasteiger partial charge in [0.05, 0.1) is 0 Å². The number of likely N-dealkylation sites (tertiary alicyclic amines) is 1. The van der Waals surface area contributed by atoms with E-state index < -0.39 is 0 Å². The highest BCUT2D eigenvalue weighted by Crippen LogP contribution is 2.19. The topological polar surface area (TPSA) is 42.9 Å². The van der Waals surface area contributed by atoms with Crippen LogP contribution in [0.3, 0.4) is 0 Å². The van der Waals surface area contributed by atoms with Gasteiger partial charge in [0.25, 0.3) is 0 Å². The van der Waals surface area contributed by atoms with Gasteiger partial charge in [0.1, 0.15) is 0 Å². The Labute approximate surface area is 166 Å². The third-order valence-electron chi connectivity index (χ3n) is 5.91. The summed E-state index contributed by atoms with van der Waals surface area (Å²) in [5.41, 5.74) is 1.40. The predicted octanol–water partition coefficient (Wildman–Crippen LogP) is 2.93. The van der Waals surface area contributed by atoms with Crippen LogP contribution < -0.4 is 10.6 Å². The van der Waals surface area contributed by atoms with Gasteiger partial charge in [0.15, 0.2) is 5.96 Å². The average molecular weight is 374 g/mol. The molecule has 2 rings (SSSR count). The van der Waals surface area contributed by atoms with E-state index >= 15 is 0 Å². The molecule has 0 saturated carbocycles. The predicted molar refractivity (Wildman–Crippen MR) is 116 cm³/mol. The molecule has 0 bridgehead atoms. The van der Waals surface area contributed by atoms with Crippen LogP contribution in [0.4, 0.5) is 0 Å². The van der Waals surface area contributed by atoms with Crippen molar-refractivity contribution in [3.05, 3.63) is 35.9 Å². The third kappa shape index (κ3) is 7.15. The van der Waals surface area contributed by atoms with Crippen LogP contribution >= 0.6 is 0 Å². The SMILES string of the molecule is CCC(C)N(C)CCNC(=NC)NC1CCN(Cc2ccccc2)C(C)C1. The monoisotopic (exact) mass is 373 g/mol. The van der Waals surface area contributed by atoms with Crippen LogP contribution in [0.1, 0.15) is 45.6 Å². The molecule has 0 radical (unpaired) electrons. The van der Waals surface area contributed by atoms with E-state index in [9.17, 15) is 0 Å². The molecule has 1 aliphatic heterocycles. The number of piperidine rings is 1. The fourth-order valence-corrected chi connectivity index (χ4v) is 3.68. The lowest BCUT2D eigenvalue weighted by atomic mass is 9.97. The van der Waals surface area contributed by atoms with Gasteiger partial charge in [-0.25, -0.2) is 0 Å². The zero-order valence-corrected chi connectivity index (χ0v) is 17.9. The van der Waals surface area contributed by atoms with Crippen molar-refractivity contribution in [2.24, 2.45) is 4.99 Å². The van der Waals surface area contributed by atoms with Crippen molar-refractivity contribution >= 4 is 5.96 Å². The van der Waals surface area contributed by atoms with Crippen molar-refractivity contribution in [2.75, 3.05) is 33.7 Å². The quantitative estimate of drug-likeness (QED) is 0.543. The number of nitrogens with zero attached hydrogens (tertiary/aromatic N) is 3. The second-order valence-electron chi connectivity index (χ2n) is 7.91. The molecule has 1 aliphatic rings. The first-order chi connectivity index (χ1) is 13.0. The molecule has 3 unspecified atom stereocenters. The molecule has 0 spiro atoms. The number of guanidine groups is 1. The number of hydrogen-bond acceptors (Lipinski definition) is 3. The maximum atomic E-state index is 4.42. The summed E-state index contributed by atoms with van der Waals surface area (Å²) in [6.07, 6.45) is 3.49. The lowest BCUT2D eigenvalue weighted by Crippen LogP contribution is -2.52. The summed E-state index contributed by atoms with van der Waals surface area (Å²) in [5, 5.41) is 7.11. The number of nitrogens with one attached hydrogen (secondary N) is 2. The van der Waals surface area contributed by atoms with Crippen LogP contribution in [0.15, 0.2) is 35.3 Å². The summed E-state index contributed by atoms with van der Waals surface area (Å²) >= 11 is 0. The normalized spacial score (nSPS) is 22.7. The minimum absolute atomic E-state index is 0.491. The molecule has 0 amide bonds. The Morgan fingerprint density at radius 1 is 1.33 bits per heavy atom. The Hall–Kier alpha value is -1.59. The van der Waals surface area contributed by atoms with Crippen molar-refractivity contribution in [3.8, 4) is 0 Å². The van der Waals surface area contributed by atoms with Crippen molar-refractivity contribution < 1.29 is 0 Å². The van der Waals surface area contributed by atoms with Gasteiger partial charge in [-0.05, 0) is 45.7 Å². The van der Waals surface area contributed by atoms with Crippen LogP contribution in [-0.4, -0.2) is 67.6 Å². The van der Waals surface area contributed by atoms with Crippen molar-refractivity contribution in [1.82, 2.24) is 20.4 Å². The first-order valence-electron chi connectivity index (χ1n) is 10.5. The van der Waals surface area contributed by atoms with Gasteiger partial charge in [-0.3, -0.25) is 9.89 Å². The molecule has 1 saturated heterocycles. The van der Waals surface area contributed by atoms with E-state index in [4.69, 9.17) is 0 Å². The molecule has 1 heterocycles. The largest absolute Gasteiger partial charge is 0.355 e. The highest BCUT2D eigenvalue weighted by Gasteiger charge is 2.25. The van der Waals surface area contributed by atoms with Crippen molar-refractivity contribution in [3.63, 3.8) is 0 Å². The Morgan fingerprint density at radius 3 is 2.70 bits per heavy atom. The summed E-state index contributed by atoms with van der Waals surface area (Å²) < 4.78 is 0. The maximum absolute atomic E-state index is 4.42. The van der Waals surface area contributed by atoms with E-state index in [0.29, 0.717) is 18.1 Å². The third-order valence-corrected chi connectivity index (χ3v) is 5.91. The lowest BCUT2D eigenvalue weighted by molar-refractivity contribution is 0.134. The van der Waals surface area contributed by atoms with E-state index in [0.717, 1.165) is 45.0 Å². The highest BCUT2D eigenvalue weighted by molar-refractivity contribution is 5.79. The maximum Gasteiger partial charge on any atom is 0.191 e. The molecule has 0 aromatic heterocycles. The Balaban J connectivity index is 1.74. The molecular formula is C22H39N5. The standard InChI is InChI=1S/C22H39N5/c1-6-18(2)26(5)15-13-24-22(23-4)25-21-12-14-27(19(3)16-21)17-20-10-8-7-9-11-20/h7-11,18-19,21H,6,12-17H2,1-5H3,(H2,23,24,25). The minimum atomic E-state index is 0.491. The number of benzene rings is 1. The zero-order valence-electron chi connectivity index (χ0n) is 17.9. The summed E-state index contributed by atoms with van der Waals surface area (Å²) in [5.74, 6) is 0.932. The first kappa shape index (κ1) is 21.7. The summed E-state index contributed by atoms with van der Waals surface area (Å²) in [6.45, 7) is 11.0. The molecule has 1 aromatic carbocycles. The van der Waals surface area contributed by atoms with Gasteiger partial charge in [-0.2, -0.15) is 0 Å². The summed E-state index contributed by atoms with van der Waals surface area (Å²) in [4.78, 5) is 9.40. The van der Waals surface area contributed by atoms with Crippen molar-refractivity contribution in [1.29, 1.82) is 0 Å². The van der Waals surface area contributed by atoms with E-state index in [1.807, 2.05) is 7.05 Å². The van der Waals surface area contributed by atoms with Crippen molar-refractivity contribution in [2.45, 2.75) is 64.7 Å². The zero-order chi connectivity index (χ0) is 19.6. The second kappa shape index (κ2) is 11.3. The average Bonchev–Trinajstić information content (AvgIpc) is 2.69. The Kier molecular flexibility index (Phi) is 9.08. The van der Waals surface area contributed by atoms with Gasteiger partial charge >= 0.3 is 0 Å². The molecule has 5 nitrogen and oxygen atoms in total. The van der Waals surface area contributed by atoms with Crippen LogP contribution in [0.2, 0.25) is 0 Å². The Bertz CT molecular complexity index is 559.